The molecule has 0 fully saturated rings. The minimum absolute atomic E-state index is 0.262. The second-order valence-electron chi connectivity index (χ2n) is 5.14. The predicted molar refractivity (Wildman–Crippen MR) is 75.8 cm³/mol. The molecule has 0 aromatic heterocycles. The highest BCUT2D eigenvalue weighted by molar-refractivity contribution is 5.98. The van der Waals surface area contributed by atoms with E-state index in [1.54, 1.807) is 12.1 Å². The molecule has 0 aliphatic heterocycles. The van der Waals surface area contributed by atoms with E-state index in [1.165, 1.54) is 12.1 Å². The summed E-state index contributed by atoms with van der Waals surface area (Å²) in [5, 5.41) is 0. The van der Waals surface area contributed by atoms with Gasteiger partial charge in [-0.15, -0.1) is 0 Å². The predicted octanol–water partition coefficient (Wildman–Crippen LogP) is 3.44. The van der Waals surface area contributed by atoms with Gasteiger partial charge in [0.05, 0.1) is 5.60 Å². The van der Waals surface area contributed by atoms with Crippen molar-refractivity contribution in [2.75, 3.05) is 0 Å². The summed E-state index contributed by atoms with van der Waals surface area (Å²) < 4.78 is 58.6. The molecule has 1 nitrogen and oxygen atoms in total. The molecule has 0 radical (unpaired) electrons. The topological polar surface area (TPSA) is 9.23 Å². The molecule has 0 unspecified atom stereocenters. The van der Waals surface area contributed by atoms with Crippen molar-refractivity contribution in [2.45, 2.75) is 19.4 Å². The standard InChI is InChI=1S/C15H14F4OSi/c1-15(2,20-21)9-5-3-8(4-6-9)10-7-11(16)13(18)14(19)12(10)17/h3-7H,1-2,21H3. The van der Waals surface area contributed by atoms with Crippen LogP contribution in [0.3, 0.4) is 0 Å². The van der Waals surface area contributed by atoms with Crippen molar-refractivity contribution in [3.63, 3.8) is 0 Å². The third-order valence-corrected chi connectivity index (χ3v) is 4.52. The van der Waals surface area contributed by atoms with Crippen LogP contribution in [0.15, 0.2) is 30.3 Å². The van der Waals surface area contributed by atoms with Gasteiger partial charge in [-0.1, -0.05) is 24.3 Å². The van der Waals surface area contributed by atoms with E-state index in [4.69, 9.17) is 4.43 Å². The summed E-state index contributed by atoms with van der Waals surface area (Å²) >= 11 is 0. The third-order valence-electron chi connectivity index (χ3n) is 3.50. The molecule has 2 aromatic carbocycles. The van der Waals surface area contributed by atoms with Gasteiger partial charge < -0.3 is 4.43 Å². The van der Waals surface area contributed by atoms with E-state index in [1.807, 2.05) is 13.8 Å². The average Bonchev–Trinajstić information content (AvgIpc) is 2.49. The third kappa shape index (κ3) is 2.86. The van der Waals surface area contributed by atoms with E-state index < -0.39 is 28.9 Å². The quantitative estimate of drug-likeness (QED) is 0.365. The Hall–Kier alpha value is -1.66. The lowest BCUT2D eigenvalue weighted by atomic mass is 9.95. The second-order valence-corrected chi connectivity index (χ2v) is 5.55. The number of rotatable bonds is 3. The molecule has 0 spiro atoms. The first kappa shape index (κ1) is 15.7. The molecule has 112 valence electrons. The Labute approximate surface area is 123 Å². The monoisotopic (exact) mass is 314 g/mol. The van der Waals surface area contributed by atoms with Crippen LogP contribution in [0.4, 0.5) is 17.6 Å². The largest absolute Gasteiger partial charge is 0.419 e. The van der Waals surface area contributed by atoms with Gasteiger partial charge in [-0.25, -0.2) is 17.6 Å². The first-order valence-corrected chi connectivity index (χ1v) is 7.08. The van der Waals surface area contributed by atoms with E-state index in [2.05, 4.69) is 0 Å². The molecule has 0 N–H and O–H groups in total. The summed E-state index contributed by atoms with van der Waals surface area (Å²) in [4.78, 5) is 0. The fourth-order valence-electron chi connectivity index (χ4n) is 1.95. The molecule has 0 amide bonds. The zero-order valence-electron chi connectivity index (χ0n) is 11.8. The maximum atomic E-state index is 13.7. The Balaban J connectivity index is 2.50. The van der Waals surface area contributed by atoms with E-state index in [9.17, 15) is 17.6 Å². The van der Waals surface area contributed by atoms with Crippen molar-refractivity contribution >= 4 is 10.5 Å². The summed E-state index contributed by atoms with van der Waals surface area (Å²) in [6.07, 6.45) is 0. The first-order valence-electron chi connectivity index (χ1n) is 6.27. The molecular weight excluding hydrogens is 300 g/mol. The summed E-state index contributed by atoms with van der Waals surface area (Å²) in [5.74, 6) is -6.44. The maximum Gasteiger partial charge on any atom is 0.198 e. The van der Waals surface area contributed by atoms with Gasteiger partial charge in [-0.05, 0) is 31.0 Å². The fourth-order valence-corrected chi connectivity index (χ4v) is 2.19. The Kier molecular flexibility index (Phi) is 4.20. The highest BCUT2D eigenvalue weighted by Gasteiger charge is 2.21. The smallest absolute Gasteiger partial charge is 0.198 e. The van der Waals surface area contributed by atoms with Crippen molar-refractivity contribution in [3.05, 3.63) is 59.2 Å². The lowest BCUT2D eigenvalue weighted by molar-refractivity contribution is 0.123. The molecule has 21 heavy (non-hydrogen) atoms. The van der Waals surface area contributed by atoms with E-state index in [-0.39, 0.29) is 11.1 Å². The maximum absolute atomic E-state index is 13.7. The molecule has 0 bridgehead atoms. The van der Waals surface area contributed by atoms with E-state index in [0.717, 1.165) is 5.56 Å². The fraction of sp³-hybridized carbons (Fsp3) is 0.200. The minimum Gasteiger partial charge on any atom is -0.419 e. The van der Waals surface area contributed by atoms with Crippen LogP contribution in [0.5, 0.6) is 0 Å². The highest BCUT2D eigenvalue weighted by Crippen LogP contribution is 2.30. The highest BCUT2D eigenvalue weighted by atomic mass is 28.2. The number of halogens is 4. The SMILES string of the molecule is CC(C)(O[SiH3])c1ccc(-c2cc(F)c(F)c(F)c2F)cc1. The molecule has 0 aliphatic carbocycles. The van der Waals surface area contributed by atoms with Gasteiger partial charge in [-0.3, -0.25) is 0 Å². The van der Waals surface area contributed by atoms with Crippen LogP contribution >= 0.6 is 0 Å². The van der Waals surface area contributed by atoms with Crippen LogP contribution in [0.25, 0.3) is 11.1 Å². The summed E-state index contributed by atoms with van der Waals surface area (Å²) in [5.41, 5.74) is 0.313. The van der Waals surface area contributed by atoms with Crippen molar-refractivity contribution in [1.29, 1.82) is 0 Å². The van der Waals surface area contributed by atoms with Gasteiger partial charge in [0.25, 0.3) is 0 Å². The normalized spacial score (nSPS) is 11.9. The molecule has 0 atom stereocenters. The molecular formula is C15H14F4OSi. The molecule has 2 aromatic rings. The molecule has 6 heteroatoms. The van der Waals surface area contributed by atoms with Crippen molar-refractivity contribution < 1.29 is 22.0 Å². The van der Waals surface area contributed by atoms with Crippen LogP contribution in [0, 0.1) is 23.3 Å². The zero-order chi connectivity index (χ0) is 15.8. The van der Waals surface area contributed by atoms with Crippen molar-refractivity contribution in [3.8, 4) is 11.1 Å². The van der Waals surface area contributed by atoms with Crippen LogP contribution in [0.2, 0.25) is 0 Å². The Morgan fingerprint density at radius 2 is 1.48 bits per heavy atom. The van der Waals surface area contributed by atoms with E-state index in [0.29, 0.717) is 16.6 Å². The van der Waals surface area contributed by atoms with Gasteiger partial charge in [0.1, 0.15) is 10.5 Å². The molecule has 0 saturated carbocycles. The second kappa shape index (κ2) is 5.61. The Morgan fingerprint density at radius 1 is 0.905 bits per heavy atom. The average molecular weight is 314 g/mol. The Morgan fingerprint density at radius 3 is 2.00 bits per heavy atom. The zero-order valence-corrected chi connectivity index (χ0v) is 13.8. The summed E-state index contributed by atoms with van der Waals surface area (Å²) in [6.45, 7) is 3.76. The molecule has 2 rings (SSSR count). The van der Waals surface area contributed by atoms with Crippen LogP contribution in [0.1, 0.15) is 19.4 Å². The van der Waals surface area contributed by atoms with Crippen LogP contribution in [-0.4, -0.2) is 10.5 Å². The lowest BCUT2D eigenvalue weighted by Gasteiger charge is -2.24. The van der Waals surface area contributed by atoms with Gasteiger partial charge in [0.2, 0.25) is 0 Å². The first-order chi connectivity index (χ1) is 9.77. The van der Waals surface area contributed by atoms with Crippen LogP contribution in [-0.2, 0) is 10.0 Å². The van der Waals surface area contributed by atoms with Crippen molar-refractivity contribution in [2.24, 2.45) is 0 Å². The number of benzene rings is 2. The summed E-state index contributed by atoms with van der Waals surface area (Å²) in [6, 6.07) is 7.06. The van der Waals surface area contributed by atoms with Gasteiger partial charge >= 0.3 is 0 Å². The van der Waals surface area contributed by atoms with Crippen LogP contribution < -0.4 is 0 Å². The minimum atomic E-state index is -1.81. The molecule has 0 heterocycles. The molecule has 0 saturated heterocycles. The van der Waals surface area contributed by atoms with Gasteiger partial charge in [0.15, 0.2) is 23.3 Å². The lowest BCUT2D eigenvalue weighted by Crippen LogP contribution is -2.19. The number of hydrogen-bond donors (Lipinski definition) is 0. The molecule has 0 aliphatic rings. The van der Waals surface area contributed by atoms with Crippen molar-refractivity contribution in [1.82, 2.24) is 0 Å². The van der Waals surface area contributed by atoms with E-state index >= 15 is 0 Å². The Bertz CT molecular complexity index is 668. The van der Waals surface area contributed by atoms with Gasteiger partial charge in [0, 0.05) is 5.56 Å². The number of hydrogen-bond acceptors (Lipinski definition) is 1. The summed E-state index contributed by atoms with van der Waals surface area (Å²) in [7, 11) is 0.550. The van der Waals surface area contributed by atoms with Gasteiger partial charge in [-0.2, -0.15) is 0 Å².